The number of aromatic nitrogens is 2. The number of nitrogens with zero attached hydrogens (tertiary/aromatic N) is 5. The van der Waals surface area contributed by atoms with Crippen LogP contribution in [0.25, 0.3) is 0 Å². The Morgan fingerprint density at radius 3 is 2.58 bits per heavy atom. The summed E-state index contributed by atoms with van der Waals surface area (Å²) in [6, 6.07) is 17.1. The number of anilines is 5. The smallest absolute Gasteiger partial charge is 0.247 e. The standard InChI is InChI=1S/C33H41N7O3/c1-3-33(41)37-27-20-28(30(42-2)21-29(27)39-16-14-38(15-17-39)25-11-7-8-12-25)36-31-22-32(35-23-34-31)40-26(13-18-43-40)19-24-9-5-4-6-10-24/h3-6,9-10,20-23,25-26H,1,7-8,11-19H2,2H3,(H,37,41)(H,34,35,36)/t26-/m0/s1. The van der Waals surface area contributed by atoms with Gasteiger partial charge in [-0.2, -0.15) is 0 Å². The minimum absolute atomic E-state index is 0.175. The van der Waals surface area contributed by atoms with Crippen molar-refractivity contribution < 1.29 is 14.4 Å². The fourth-order valence-corrected chi connectivity index (χ4v) is 6.49. The van der Waals surface area contributed by atoms with Crippen LogP contribution in [-0.4, -0.2) is 72.8 Å². The summed E-state index contributed by atoms with van der Waals surface area (Å²) in [4.78, 5) is 32.4. The van der Waals surface area contributed by atoms with Crippen LogP contribution in [0.1, 0.15) is 37.7 Å². The molecule has 2 saturated heterocycles. The van der Waals surface area contributed by atoms with Crippen molar-refractivity contribution in [2.45, 2.75) is 50.6 Å². The van der Waals surface area contributed by atoms with Gasteiger partial charge in [-0.3, -0.25) is 14.5 Å². The molecule has 3 heterocycles. The van der Waals surface area contributed by atoms with Gasteiger partial charge in [0.25, 0.3) is 0 Å². The van der Waals surface area contributed by atoms with Crippen molar-refractivity contribution in [1.29, 1.82) is 0 Å². The summed E-state index contributed by atoms with van der Waals surface area (Å²) < 4.78 is 5.84. The van der Waals surface area contributed by atoms with Crippen LogP contribution in [0, 0.1) is 0 Å². The Bertz CT molecular complexity index is 1400. The van der Waals surface area contributed by atoms with Gasteiger partial charge in [-0.05, 0) is 43.4 Å². The fourth-order valence-electron chi connectivity index (χ4n) is 6.49. The van der Waals surface area contributed by atoms with Crippen molar-refractivity contribution >= 4 is 34.6 Å². The second kappa shape index (κ2) is 13.4. The first kappa shape index (κ1) is 28.9. The molecule has 3 aromatic rings. The molecule has 1 amide bonds. The van der Waals surface area contributed by atoms with Crippen LogP contribution in [-0.2, 0) is 16.1 Å². The first-order chi connectivity index (χ1) is 21.1. The van der Waals surface area contributed by atoms with Crippen LogP contribution >= 0.6 is 0 Å². The SMILES string of the molecule is C=CC(=O)Nc1cc(Nc2cc(N3OCC[C@H]3Cc3ccccc3)ncn2)c(OC)cc1N1CCN(C2CCCC2)CC1. The highest BCUT2D eigenvalue weighted by molar-refractivity contribution is 6.02. The molecule has 226 valence electrons. The minimum Gasteiger partial charge on any atom is -0.494 e. The lowest BCUT2D eigenvalue weighted by Crippen LogP contribution is -2.49. The second-order valence-electron chi connectivity index (χ2n) is 11.4. The van der Waals surface area contributed by atoms with Gasteiger partial charge in [0.2, 0.25) is 5.91 Å². The number of benzene rings is 2. The van der Waals surface area contributed by atoms with E-state index < -0.39 is 0 Å². The number of hydrogen-bond donors (Lipinski definition) is 2. The summed E-state index contributed by atoms with van der Waals surface area (Å²) in [5.74, 6) is 1.68. The molecule has 2 aromatic carbocycles. The molecule has 0 unspecified atom stereocenters. The number of nitrogens with one attached hydrogen (secondary N) is 2. The Morgan fingerprint density at radius 2 is 1.84 bits per heavy atom. The highest BCUT2D eigenvalue weighted by Gasteiger charge is 2.29. The number of hydrogen-bond acceptors (Lipinski definition) is 9. The van der Waals surface area contributed by atoms with Crippen LogP contribution in [0.15, 0.2) is 67.5 Å². The molecule has 43 heavy (non-hydrogen) atoms. The third-order valence-corrected chi connectivity index (χ3v) is 8.73. The summed E-state index contributed by atoms with van der Waals surface area (Å²) in [6.07, 6.45) is 9.88. The van der Waals surface area contributed by atoms with Crippen molar-refractivity contribution in [3.8, 4) is 5.75 Å². The van der Waals surface area contributed by atoms with Gasteiger partial charge in [0, 0.05) is 44.4 Å². The number of rotatable bonds is 10. The van der Waals surface area contributed by atoms with E-state index in [0.29, 0.717) is 41.4 Å². The maximum Gasteiger partial charge on any atom is 0.247 e. The van der Waals surface area contributed by atoms with Gasteiger partial charge in [-0.15, -0.1) is 0 Å². The third-order valence-electron chi connectivity index (χ3n) is 8.73. The molecule has 0 radical (unpaired) electrons. The zero-order valence-corrected chi connectivity index (χ0v) is 24.9. The second-order valence-corrected chi connectivity index (χ2v) is 11.4. The zero-order valence-electron chi connectivity index (χ0n) is 24.9. The summed E-state index contributed by atoms with van der Waals surface area (Å²) >= 11 is 0. The van der Waals surface area contributed by atoms with Gasteiger partial charge in [0.05, 0.1) is 36.8 Å². The van der Waals surface area contributed by atoms with Gasteiger partial charge in [-0.1, -0.05) is 49.8 Å². The first-order valence-electron chi connectivity index (χ1n) is 15.3. The molecular weight excluding hydrogens is 542 g/mol. The summed E-state index contributed by atoms with van der Waals surface area (Å²) in [5.41, 5.74) is 3.57. The lowest BCUT2D eigenvalue weighted by atomic mass is 10.0. The Balaban J connectivity index is 1.22. The zero-order chi connectivity index (χ0) is 29.6. The summed E-state index contributed by atoms with van der Waals surface area (Å²) in [5, 5.41) is 8.30. The van der Waals surface area contributed by atoms with E-state index in [1.165, 1.54) is 43.7 Å². The van der Waals surface area contributed by atoms with Crippen LogP contribution in [0.4, 0.5) is 28.7 Å². The van der Waals surface area contributed by atoms with E-state index in [0.717, 1.165) is 44.7 Å². The number of amides is 1. The van der Waals surface area contributed by atoms with Crippen molar-refractivity contribution in [2.75, 3.05) is 60.5 Å². The molecule has 1 aliphatic carbocycles. The fraction of sp³-hybridized carbons (Fsp3) is 0.424. The van der Waals surface area contributed by atoms with Gasteiger partial charge in [0.1, 0.15) is 17.9 Å². The van der Waals surface area contributed by atoms with E-state index in [-0.39, 0.29) is 11.9 Å². The Morgan fingerprint density at radius 1 is 1.05 bits per heavy atom. The Kier molecular flexibility index (Phi) is 9.04. The molecule has 10 nitrogen and oxygen atoms in total. The molecule has 1 aromatic heterocycles. The molecule has 10 heteroatoms. The maximum absolute atomic E-state index is 12.5. The van der Waals surface area contributed by atoms with Gasteiger partial charge >= 0.3 is 0 Å². The Labute approximate surface area is 253 Å². The van der Waals surface area contributed by atoms with Gasteiger partial charge < -0.3 is 20.3 Å². The van der Waals surface area contributed by atoms with E-state index in [9.17, 15) is 4.79 Å². The van der Waals surface area contributed by atoms with E-state index in [2.05, 4.69) is 61.2 Å². The van der Waals surface area contributed by atoms with Crippen molar-refractivity contribution in [2.24, 2.45) is 0 Å². The van der Waals surface area contributed by atoms with Gasteiger partial charge in [0.15, 0.2) is 5.82 Å². The molecule has 6 rings (SSSR count). The minimum atomic E-state index is -0.262. The van der Waals surface area contributed by atoms with Crippen molar-refractivity contribution in [1.82, 2.24) is 14.9 Å². The predicted octanol–water partition coefficient (Wildman–Crippen LogP) is 5.17. The molecule has 3 aliphatic rings. The molecule has 1 atom stereocenters. The van der Waals surface area contributed by atoms with Crippen LogP contribution < -0.4 is 25.3 Å². The first-order valence-corrected chi connectivity index (χ1v) is 15.3. The number of piperazine rings is 1. The average molecular weight is 584 g/mol. The van der Waals surface area contributed by atoms with Crippen LogP contribution in [0.3, 0.4) is 0 Å². The summed E-state index contributed by atoms with van der Waals surface area (Å²) in [6.45, 7) is 8.08. The van der Waals surface area contributed by atoms with E-state index >= 15 is 0 Å². The number of methoxy groups -OCH3 is 1. The van der Waals surface area contributed by atoms with E-state index in [1.807, 2.05) is 29.3 Å². The summed E-state index contributed by atoms with van der Waals surface area (Å²) in [7, 11) is 1.65. The maximum atomic E-state index is 12.5. The molecule has 0 bridgehead atoms. The average Bonchev–Trinajstić information content (AvgIpc) is 3.75. The topological polar surface area (TPSA) is 95.1 Å². The molecule has 2 aliphatic heterocycles. The number of ether oxygens (including phenoxy) is 1. The molecule has 1 saturated carbocycles. The lowest BCUT2D eigenvalue weighted by Gasteiger charge is -2.40. The molecule has 0 spiro atoms. The number of hydroxylamine groups is 1. The van der Waals surface area contributed by atoms with Crippen molar-refractivity contribution in [3.05, 3.63) is 73.1 Å². The quantitative estimate of drug-likeness (QED) is 0.314. The van der Waals surface area contributed by atoms with E-state index in [1.54, 1.807) is 7.11 Å². The largest absolute Gasteiger partial charge is 0.494 e. The van der Waals surface area contributed by atoms with E-state index in [4.69, 9.17) is 9.57 Å². The highest BCUT2D eigenvalue weighted by Crippen LogP contribution is 2.39. The van der Waals surface area contributed by atoms with Crippen molar-refractivity contribution in [3.63, 3.8) is 0 Å². The molecule has 3 fully saturated rings. The normalized spacial score (nSPS) is 19.4. The number of carbonyl (C=O) groups excluding carboxylic acids is 1. The Hall–Kier alpha value is -4.15. The lowest BCUT2D eigenvalue weighted by molar-refractivity contribution is -0.111. The molecular formula is C33H41N7O3. The molecule has 2 N–H and O–H groups in total. The highest BCUT2D eigenvalue weighted by atomic mass is 16.7. The predicted molar refractivity (Wildman–Crippen MR) is 170 cm³/mol. The third kappa shape index (κ3) is 6.76. The van der Waals surface area contributed by atoms with Crippen LogP contribution in [0.5, 0.6) is 5.75 Å². The van der Waals surface area contributed by atoms with Crippen LogP contribution in [0.2, 0.25) is 0 Å². The monoisotopic (exact) mass is 583 g/mol. The van der Waals surface area contributed by atoms with Gasteiger partial charge in [-0.25, -0.2) is 15.0 Å². The number of carbonyl (C=O) groups is 1.